The van der Waals surface area contributed by atoms with Crippen LogP contribution in [0.4, 0.5) is 0 Å². The van der Waals surface area contributed by atoms with Crippen LogP contribution in [0, 0.1) is 0 Å². The van der Waals surface area contributed by atoms with E-state index in [1.807, 2.05) is 6.07 Å². The van der Waals surface area contributed by atoms with Crippen LogP contribution in [0.1, 0.15) is 11.3 Å². The number of hydrogen-bond acceptors (Lipinski definition) is 4. The van der Waals surface area contributed by atoms with Crippen LogP contribution in [-0.2, 0) is 6.61 Å². The lowest BCUT2D eigenvalue weighted by atomic mass is 10.2. The molecular weight excluding hydrogens is 300 g/mol. The SMILES string of the molecule is N/C(=N/O)c1ccc(OCc2ccco2)c(Br)c1. The van der Waals surface area contributed by atoms with Crippen molar-refractivity contribution < 1.29 is 14.4 Å². The van der Waals surface area contributed by atoms with Gasteiger partial charge in [0.2, 0.25) is 0 Å². The Morgan fingerprint density at radius 3 is 2.89 bits per heavy atom. The molecule has 0 fully saturated rings. The van der Waals surface area contributed by atoms with Crippen LogP contribution in [0.15, 0.2) is 50.6 Å². The predicted molar refractivity (Wildman–Crippen MR) is 69.7 cm³/mol. The van der Waals surface area contributed by atoms with Crippen LogP contribution in [0.2, 0.25) is 0 Å². The first kappa shape index (κ1) is 12.5. The minimum absolute atomic E-state index is 0.0493. The Bertz CT molecular complexity index is 552. The fourth-order valence-electron chi connectivity index (χ4n) is 1.38. The molecule has 1 aromatic heterocycles. The van der Waals surface area contributed by atoms with Crippen molar-refractivity contribution in [2.45, 2.75) is 6.61 Å². The number of amidine groups is 1. The lowest BCUT2D eigenvalue weighted by molar-refractivity contribution is 0.269. The number of nitrogens with zero attached hydrogens (tertiary/aromatic N) is 1. The number of benzene rings is 1. The van der Waals surface area contributed by atoms with Crippen molar-refractivity contribution in [1.82, 2.24) is 0 Å². The second-order valence-electron chi connectivity index (χ2n) is 3.50. The summed E-state index contributed by atoms with van der Waals surface area (Å²) in [5, 5.41) is 11.5. The molecule has 3 N–H and O–H groups in total. The van der Waals surface area contributed by atoms with Crippen molar-refractivity contribution in [3.05, 3.63) is 52.4 Å². The van der Waals surface area contributed by atoms with Gasteiger partial charge in [0.25, 0.3) is 0 Å². The maximum atomic E-state index is 8.58. The summed E-state index contributed by atoms with van der Waals surface area (Å²) in [6.07, 6.45) is 1.59. The van der Waals surface area contributed by atoms with Gasteiger partial charge < -0.3 is 20.1 Å². The van der Waals surface area contributed by atoms with Gasteiger partial charge in [-0.2, -0.15) is 0 Å². The molecule has 94 valence electrons. The van der Waals surface area contributed by atoms with Gasteiger partial charge in [0.15, 0.2) is 5.84 Å². The molecule has 0 atom stereocenters. The van der Waals surface area contributed by atoms with Gasteiger partial charge in [0, 0.05) is 5.56 Å². The van der Waals surface area contributed by atoms with Crippen LogP contribution in [-0.4, -0.2) is 11.0 Å². The van der Waals surface area contributed by atoms with E-state index >= 15 is 0 Å². The Morgan fingerprint density at radius 2 is 2.28 bits per heavy atom. The number of rotatable bonds is 4. The molecule has 5 nitrogen and oxygen atoms in total. The maximum absolute atomic E-state index is 8.58. The number of nitrogens with two attached hydrogens (primary N) is 1. The molecule has 0 amide bonds. The lowest BCUT2D eigenvalue weighted by Crippen LogP contribution is -2.12. The van der Waals surface area contributed by atoms with E-state index in [4.69, 9.17) is 20.1 Å². The molecule has 0 aliphatic heterocycles. The molecule has 0 saturated heterocycles. The highest BCUT2D eigenvalue weighted by Gasteiger charge is 2.06. The quantitative estimate of drug-likeness (QED) is 0.394. The second-order valence-corrected chi connectivity index (χ2v) is 4.35. The van der Waals surface area contributed by atoms with Gasteiger partial charge in [-0.1, -0.05) is 5.16 Å². The summed E-state index contributed by atoms with van der Waals surface area (Å²) >= 11 is 3.36. The topological polar surface area (TPSA) is 81.0 Å². The number of halogens is 1. The fourth-order valence-corrected chi connectivity index (χ4v) is 1.87. The molecule has 0 radical (unpaired) electrons. The van der Waals surface area contributed by atoms with Crippen LogP contribution in [0.5, 0.6) is 5.75 Å². The van der Waals surface area contributed by atoms with E-state index in [0.29, 0.717) is 17.9 Å². The first-order chi connectivity index (χ1) is 8.70. The van der Waals surface area contributed by atoms with Crippen LogP contribution in [0.3, 0.4) is 0 Å². The monoisotopic (exact) mass is 310 g/mol. The molecule has 2 aromatic rings. The largest absolute Gasteiger partial charge is 0.484 e. The lowest BCUT2D eigenvalue weighted by Gasteiger charge is -2.08. The summed E-state index contributed by atoms with van der Waals surface area (Å²) in [5.74, 6) is 1.44. The van der Waals surface area contributed by atoms with Crippen molar-refractivity contribution in [2.75, 3.05) is 0 Å². The molecule has 0 saturated carbocycles. The van der Waals surface area contributed by atoms with Crippen LogP contribution in [0.25, 0.3) is 0 Å². The Labute approximate surface area is 112 Å². The zero-order valence-electron chi connectivity index (χ0n) is 9.34. The maximum Gasteiger partial charge on any atom is 0.170 e. The van der Waals surface area contributed by atoms with Crippen molar-refractivity contribution in [3.8, 4) is 5.75 Å². The summed E-state index contributed by atoms with van der Waals surface area (Å²) in [6.45, 7) is 0.342. The van der Waals surface area contributed by atoms with Crippen LogP contribution >= 0.6 is 15.9 Å². The van der Waals surface area contributed by atoms with Crippen molar-refractivity contribution in [1.29, 1.82) is 0 Å². The summed E-state index contributed by atoms with van der Waals surface area (Å²) in [7, 11) is 0. The third kappa shape index (κ3) is 2.84. The number of oxime groups is 1. The molecule has 6 heteroatoms. The van der Waals surface area contributed by atoms with E-state index < -0.39 is 0 Å². The van der Waals surface area contributed by atoms with E-state index in [-0.39, 0.29) is 5.84 Å². The Balaban J connectivity index is 2.10. The highest BCUT2D eigenvalue weighted by atomic mass is 79.9. The molecule has 0 bridgehead atoms. The standard InChI is InChI=1S/C12H11BrN2O3/c13-10-6-8(12(14)15-16)3-4-11(10)18-7-9-2-1-5-17-9/h1-6,16H,7H2,(H2,14,15). The Hall–Kier alpha value is -1.95. The van der Waals surface area contributed by atoms with E-state index in [0.717, 1.165) is 10.2 Å². The summed E-state index contributed by atoms with van der Waals surface area (Å²) in [4.78, 5) is 0. The van der Waals surface area contributed by atoms with E-state index in [2.05, 4.69) is 21.1 Å². The molecule has 18 heavy (non-hydrogen) atoms. The zero-order valence-corrected chi connectivity index (χ0v) is 10.9. The number of ether oxygens (including phenoxy) is 1. The summed E-state index contributed by atoms with van der Waals surface area (Å²) in [5.41, 5.74) is 6.09. The minimum atomic E-state index is 0.0493. The highest BCUT2D eigenvalue weighted by molar-refractivity contribution is 9.10. The number of hydrogen-bond donors (Lipinski definition) is 2. The third-order valence-electron chi connectivity index (χ3n) is 2.29. The molecule has 2 rings (SSSR count). The second kappa shape index (κ2) is 5.59. The molecular formula is C12H11BrN2O3. The van der Waals surface area contributed by atoms with Gasteiger partial charge >= 0.3 is 0 Å². The Morgan fingerprint density at radius 1 is 1.44 bits per heavy atom. The first-order valence-electron chi connectivity index (χ1n) is 5.13. The zero-order chi connectivity index (χ0) is 13.0. The average Bonchev–Trinajstić information content (AvgIpc) is 2.89. The number of furan rings is 1. The van der Waals surface area contributed by atoms with E-state index in [9.17, 15) is 0 Å². The van der Waals surface area contributed by atoms with Gasteiger partial charge in [-0.15, -0.1) is 0 Å². The fraction of sp³-hybridized carbons (Fsp3) is 0.0833. The summed E-state index contributed by atoms with van der Waals surface area (Å²) < 4.78 is 11.4. The highest BCUT2D eigenvalue weighted by Crippen LogP contribution is 2.26. The van der Waals surface area contributed by atoms with E-state index in [1.165, 1.54) is 0 Å². The van der Waals surface area contributed by atoms with Gasteiger partial charge in [0.1, 0.15) is 18.1 Å². The summed E-state index contributed by atoms with van der Waals surface area (Å²) in [6, 6.07) is 8.79. The van der Waals surface area contributed by atoms with E-state index in [1.54, 1.807) is 30.5 Å². The van der Waals surface area contributed by atoms with Crippen LogP contribution < -0.4 is 10.5 Å². The average molecular weight is 311 g/mol. The normalized spacial score (nSPS) is 11.5. The Kier molecular flexibility index (Phi) is 3.88. The van der Waals surface area contributed by atoms with Gasteiger partial charge in [-0.3, -0.25) is 0 Å². The smallest absolute Gasteiger partial charge is 0.170 e. The predicted octanol–water partition coefficient (Wildman–Crippen LogP) is 2.72. The van der Waals surface area contributed by atoms with Crippen molar-refractivity contribution >= 4 is 21.8 Å². The van der Waals surface area contributed by atoms with Crippen molar-refractivity contribution in [2.24, 2.45) is 10.9 Å². The minimum Gasteiger partial charge on any atom is -0.484 e. The molecule has 0 aliphatic carbocycles. The third-order valence-corrected chi connectivity index (χ3v) is 2.91. The van der Waals surface area contributed by atoms with Gasteiger partial charge in [0.05, 0.1) is 10.7 Å². The first-order valence-corrected chi connectivity index (χ1v) is 5.92. The molecule has 0 aliphatic rings. The van der Waals surface area contributed by atoms with Crippen molar-refractivity contribution in [3.63, 3.8) is 0 Å². The molecule has 0 spiro atoms. The molecule has 1 aromatic carbocycles. The van der Waals surface area contributed by atoms with Gasteiger partial charge in [-0.25, -0.2) is 0 Å². The molecule has 1 heterocycles. The van der Waals surface area contributed by atoms with Gasteiger partial charge in [-0.05, 0) is 46.3 Å². The molecule has 0 unspecified atom stereocenters.